The van der Waals surface area contributed by atoms with E-state index in [1.54, 1.807) is 0 Å². The molecule has 4 heteroatoms. The first-order valence-electron chi connectivity index (χ1n) is 15.7. The molecule has 3 nitrogen and oxygen atoms in total. The summed E-state index contributed by atoms with van der Waals surface area (Å²) >= 11 is 1.97. The van der Waals surface area contributed by atoms with Gasteiger partial charge in [0.1, 0.15) is 5.75 Å². The third-order valence-electron chi connectivity index (χ3n) is 8.87. The van der Waals surface area contributed by atoms with E-state index in [-0.39, 0.29) is 4.75 Å². The van der Waals surface area contributed by atoms with Gasteiger partial charge in [-0.15, -0.1) is 0 Å². The van der Waals surface area contributed by atoms with Crippen LogP contribution in [-0.4, -0.2) is 16.2 Å². The number of thioether (sulfide) groups is 1. The molecule has 0 spiro atoms. The molecule has 2 heterocycles. The Hall–Kier alpha value is -1.42. The van der Waals surface area contributed by atoms with Gasteiger partial charge in [-0.2, -0.15) is 0 Å². The van der Waals surface area contributed by atoms with E-state index in [1.807, 2.05) is 18.0 Å². The lowest BCUT2D eigenvalue weighted by Crippen LogP contribution is -2.23. The van der Waals surface area contributed by atoms with Crippen LogP contribution in [0.4, 0.5) is 0 Å². The first-order chi connectivity index (χ1) is 18.2. The molecule has 1 aromatic carbocycles. The normalized spacial score (nSPS) is 23.3. The number of nitrogens with zero attached hydrogens (tertiary/aromatic N) is 2. The molecule has 1 aromatic heterocycles. The van der Waals surface area contributed by atoms with Gasteiger partial charge in [-0.1, -0.05) is 128 Å². The van der Waals surface area contributed by atoms with Crippen LogP contribution in [0.5, 0.6) is 5.75 Å². The molecule has 0 amide bonds. The van der Waals surface area contributed by atoms with Crippen molar-refractivity contribution in [2.45, 2.75) is 139 Å². The zero-order valence-electron chi connectivity index (χ0n) is 23.8. The first-order valence-corrected chi connectivity index (χ1v) is 16.5. The second-order valence-corrected chi connectivity index (χ2v) is 13.2. The van der Waals surface area contributed by atoms with Gasteiger partial charge in [0.05, 0.1) is 11.4 Å². The van der Waals surface area contributed by atoms with E-state index >= 15 is 0 Å². The Bertz CT molecular complexity index is 863. The minimum atomic E-state index is 0.114. The van der Waals surface area contributed by atoms with Gasteiger partial charge in [-0.3, -0.25) is 0 Å². The molecule has 4 rings (SSSR count). The highest BCUT2D eigenvalue weighted by atomic mass is 32.2. The van der Waals surface area contributed by atoms with E-state index in [0.717, 1.165) is 30.7 Å². The maximum absolute atomic E-state index is 6.32. The van der Waals surface area contributed by atoms with Crippen molar-refractivity contribution >= 4 is 11.8 Å². The molecule has 0 N–H and O–H groups in total. The van der Waals surface area contributed by atoms with E-state index in [9.17, 15) is 0 Å². The van der Waals surface area contributed by atoms with Gasteiger partial charge in [-0.05, 0) is 48.8 Å². The molecule has 1 aliphatic heterocycles. The van der Waals surface area contributed by atoms with Crippen LogP contribution in [0.1, 0.15) is 129 Å². The average molecular weight is 525 g/mol. The monoisotopic (exact) mass is 524 g/mol. The van der Waals surface area contributed by atoms with Crippen molar-refractivity contribution in [3.8, 4) is 5.75 Å². The largest absolute Gasteiger partial charge is 0.493 e. The summed E-state index contributed by atoms with van der Waals surface area (Å²) in [5.41, 5.74) is 1.43. The average Bonchev–Trinajstić information content (AvgIpc) is 3.51. The van der Waals surface area contributed by atoms with Crippen LogP contribution >= 0.6 is 11.8 Å². The lowest BCUT2D eigenvalue weighted by atomic mass is 9.80. The molecule has 1 unspecified atom stereocenters. The molecule has 206 valence electrons. The maximum atomic E-state index is 6.32. The number of imidazole rings is 1. The SMILES string of the molecule is CCCCCCCC[C@H]1CC[C@H](COc2ccc(C3(CCCCCCC)Cn4ccnc4S3)cc2)CC1. The summed E-state index contributed by atoms with van der Waals surface area (Å²) in [6.45, 7) is 6.51. The van der Waals surface area contributed by atoms with Crippen LogP contribution in [0, 0.1) is 11.8 Å². The van der Waals surface area contributed by atoms with Crippen LogP contribution in [0.25, 0.3) is 0 Å². The van der Waals surface area contributed by atoms with Crippen molar-refractivity contribution < 1.29 is 4.74 Å². The standard InChI is InChI=1S/C33H52N2OS/c1-3-5-7-9-10-12-14-28-15-17-29(18-16-28)26-36-31-21-19-30(20-22-31)33(23-13-11-8-6-4-2)27-35-25-24-34-32(35)37-33/h19-22,24-25,28-29H,3-18,23,26-27H2,1-2H3/t28-,29-,33?. The molecule has 1 saturated carbocycles. The topological polar surface area (TPSA) is 27.1 Å². The Morgan fingerprint density at radius 1 is 0.838 bits per heavy atom. The van der Waals surface area contributed by atoms with Gasteiger partial charge in [0, 0.05) is 18.9 Å². The number of aromatic nitrogens is 2. The van der Waals surface area contributed by atoms with Crippen molar-refractivity contribution in [2.24, 2.45) is 11.8 Å². The minimum absolute atomic E-state index is 0.114. The summed E-state index contributed by atoms with van der Waals surface area (Å²) in [6, 6.07) is 9.11. The molecule has 0 saturated heterocycles. The van der Waals surface area contributed by atoms with Gasteiger partial charge in [0.15, 0.2) is 5.16 Å². The predicted molar refractivity (Wildman–Crippen MR) is 159 cm³/mol. The quantitative estimate of drug-likeness (QED) is 0.193. The highest BCUT2D eigenvalue weighted by molar-refractivity contribution is 8.00. The molecular weight excluding hydrogens is 472 g/mol. The Kier molecular flexibility index (Phi) is 11.8. The van der Waals surface area contributed by atoms with Crippen molar-refractivity contribution in [3.05, 3.63) is 42.2 Å². The summed E-state index contributed by atoms with van der Waals surface area (Å²) in [5, 5.41) is 1.17. The molecule has 1 atom stereocenters. The third-order valence-corrected chi connectivity index (χ3v) is 10.4. The molecular formula is C33H52N2OS. The summed E-state index contributed by atoms with van der Waals surface area (Å²) in [4.78, 5) is 4.61. The zero-order chi connectivity index (χ0) is 25.8. The number of ether oxygens (including phenoxy) is 1. The van der Waals surface area contributed by atoms with E-state index < -0.39 is 0 Å². The lowest BCUT2D eigenvalue weighted by molar-refractivity contribution is 0.177. The number of benzene rings is 1. The van der Waals surface area contributed by atoms with Gasteiger partial charge in [-0.25, -0.2) is 4.98 Å². The van der Waals surface area contributed by atoms with E-state index in [2.05, 4.69) is 53.9 Å². The third kappa shape index (κ3) is 8.53. The Labute approximate surface area is 231 Å². The smallest absolute Gasteiger partial charge is 0.168 e. The number of hydrogen-bond donors (Lipinski definition) is 0. The zero-order valence-corrected chi connectivity index (χ0v) is 24.6. The van der Waals surface area contributed by atoms with E-state index in [0.29, 0.717) is 0 Å². The van der Waals surface area contributed by atoms with Crippen molar-refractivity contribution in [3.63, 3.8) is 0 Å². The lowest BCUT2D eigenvalue weighted by Gasteiger charge is -2.29. The van der Waals surface area contributed by atoms with Gasteiger partial charge in [0.2, 0.25) is 0 Å². The predicted octanol–water partition coefficient (Wildman–Crippen LogP) is 10.2. The summed E-state index contributed by atoms with van der Waals surface area (Å²) < 4.78 is 8.77. The van der Waals surface area contributed by atoms with E-state index in [1.165, 1.54) is 120 Å². The fourth-order valence-electron chi connectivity index (χ4n) is 6.41. The van der Waals surface area contributed by atoms with Crippen LogP contribution < -0.4 is 4.74 Å². The van der Waals surface area contributed by atoms with Gasteiger partial charge in [0.25, 0.3) is 0 Å². The van der Waals surface area contributed by atoms with Crippen molar-refractivity contribution in [1.29, 1.82) is 0 Å². The molecule has 2 aromatic rings. The fraction of sp³-hybridized carbons (Fsp3) is 0.727. The van der Waals surface area contributed by atoms with Crippen LogP contribution in [-0.2, 0) is 11.3 Å². The molecule has 37 heavy (non-hydrogen) atoms. The highest BCUT2D eigenvalue weighted by Crippen LogP contribution is 2.51. The van der Waals surface area contributed by atoms with Crippen molar-refractivity contribution in [2.75, 3.05) is 6.61 Å². The number of unbranched alkanes of at least 4 members (excludes halogenated alkanes) is 9. The van der Waals surface area contributed by atoms with Crippen LogP contribution in [0.3, 0.4) is 0 Å². The minimum Gasteiger partial charge on any atom is -0.493 e. The van der Waals surface area contributed by atoms with Crippen LogP contribution in [0.15, 0.2) is 41.8 Å². The number of rotatable bonds is 17. The van der Waals surface area contributed by atoms with Crippen molar-refractivity contribution in [1.82, 2.24) is 9.55 Å². The van der Waals surface area contributed by atoms with E-state index in [4.69, 9.17) is 4.74 Å². The Balaban J connectivity index is 1.21. The molecule has 1 aliphatic carbocycles. The number of fused-ring (bicyclic) bond motifs is 1. The molecule has 1 fully saturated rings. The van der Waals surface area contributed by atoms with Gasteiger partial charge < -0.3 is 9.30 Å². The second-order valence-electron chi connectivity index (χ2n) is 11.9. The fourth-order valence-corrected chi connectivity index (χ4v) is 7.82. The molecule has 2 aliphatic rings. The Morgan fingerprint density at radius 3 is 2.19 bits per heavy atom. The molecule has 0 radical (unpaired) electrons. The summed E-state index contributed by atoms with van der Waals surface area (Å²) in [6.07, 6.45) is 27.4. The maximum Gasteiger partial charge on any atom is 0.168 e. The Morgan fingerprint density at radius 2 is 1.49 bits per heavy atom. The van der Waals surface area contributed by atoms with Crippen LogP contribution in [0.2, 0.25) is 0 Å². The second kappa shape index (κ2) is 15.2. The first kappa shape index (κ1) is 28.6. The highest BCUT2D eigenvalue weighted by Gasteiger charge is 2.40. The molecule has 0 bridgehead atoms. The van der Waals surface area contributed by atoms with Gasteiger partial charge >= 0.3 is 0 Å². The summed E-state index contributed by atoms with van der Waals surface area (Å²) in [5.74, 6) is 2.74. The summed E-state index contributed by atoms with van der Waals surface area (Å²) in [7, 11) is 0. The number of hydrogen-bond acceptors (Lipinski definition) is 3.